The van der Waals surface area contributed by atoms with E-state index >= 15 is 0 Å². The predicted molar refractivity (Wildman–Crippen MR) is 72.1 cm³/mol. The molecule has 0 spiro atoms. The van der Waals surface area contributed by atoms with Crippen LogP contribution in [-0.4, -0.2) is 10.1 Å². The molecule has 3 aromatic rings. The van der Waals surface area contributed by atoms with E-state index in [1.165, 1.54) is 0 Å². The lowest BCUT2D eigenvalue weighted by Gasteiger charge is -2.05. The van der Waals surface area contributed by atoms with Crippen molar-refractivity contribution in [3.63, 3.8) is 0 Å². The molecule has 0 saturated heterocycles. The Morgan fingerprint density at radius 2 is 2.05 bits per heavy atom. The zero-order valence-electron chi connectivity index (χ0n) is 10.3. The Kier molecular flexibility index (Phi) is 2.56. The normalized spacial score (nSPS) is 10.8. The van der Waals surface area contributed by atoms with Crippen LogP contribution in [-0.2, 0) is 0 Å². The number of aryl methyl sites for hydroxylation is 1. The Balaban J connectivity index is 2.37. The van der Waals surface area contributed by atoms with E-state index in [0.717, 1.165) is 5.56 Å². The molecule has 0 unspecified atom stereocenters. The molecule has 1 N–H and O–H groups in total. The molecule has 0 fully saturated rings. The van der Waals surface area contributed by atoms with Gasteiger partial charge in [0.25, 0.3) is 0 Å². The van der Waals surface area contributed by atoms with Gasteiger partial charge in [-0.05, 0) is 31.2 Å². The Morgan fingerprint density at radius 3 is 2.79 bits per heavy atom. The van der Waals surface area contributed by atoms with Gasteiger partial charge in [-0.15, -0.1) is 0 Å². The van der Waals surface area contributed by atoms with Crippen LogP contribution in [0.15, 0.2) is 51.8 Å². The number of hydrogen-bond acceptors (Lipinski definition) is 4. The van der Waals surface area contributed by atoms with Crippen molar-refractivity contribution >= 4 is 11.0 Å². The molecule has 2 aromatic heterocycles. The largest absolute Gasteiger partial charge is 0.501 e. The summed E-state index contributed by atoms with van der Waals surface area (Å²) in [6.45, 7) is 1.88. The molecule has 0 aliphatic rings. The fourth-order valence-electron chi connectivity index (χ4n) is 1.97. The first-order valence-electron chi connectivity index (χ1n) is 5.84. The Hall–Kier alpha value is -2.62. The molecule has 0 aliphatic heterocycles. The molecule has 1 aromatic carbocycles. The second kappa shape index (κ2) is 4.24. The highest BCUT2D eigenvalue weighted by molar-refractivity contribution is 5.81. The minimum atomic E-state index is -0.439. The summed E-state index contributed by atoms with van der Waals surface area (Å²) in [6, 6.07) is 10.5. The van der Waals surface area contributed by atoms with Crippen molar-refractivity contribution in [1.82, 2.24) is 4.98 Å². The Labute approximate surface area is 109 Å². The van der Waals surface area contributed by atoms with Gasteiger partial charge in [0, 0.05) is 6.20 Å². The molecule has 4 nitrogen and oxygen atoms in total. The fourth-order valence-corrected chi connectivity index (χ4v) is 1.97. The molecule has 3 rings (SSSR count). The first-order chi connectivity index (χ1) is 9.16. The van der Waals surface area contributed by atoms with E-state index in [1.807, 2.05) is 13.0 Å². The minimum Gasteiger partial charge on any atom is -0.501 e. The monoisotopic (exact) mass is 253 g/mol. The van der Waals surface area contributed by atoms with Gasteiger partial charge in [-0.1, -0.05) is 17.7 Å². The first-order valence-corrected chi connectivity index (χ1v) is 5.84. The fraction of sp³-hybridized carbons (Fsp3) is 0.0667. The van der Waals surface area contributed by atoms with E-state index in [2.05, 4.69) is 4.98 Å². The SMILES string of the molecule is Cc1ccc2oc(-c3ccccn3)c(O)c(=O)c2c1. The lowest BCUT2D eigenvalue weighted by Crippen LogP contribution is -2.03. The van der Waals surface area contributed by atoms with Gasteiger partial charge in [0.15, 0.2) is 5.76 Å². The van der Waals surface area contributed by atoms with E-state index in [0.29, 0.717) is 16.7 Å². The number of hydrogen-bond donors (Lipinski definition) is 1. The third-order valence-electron chi connectivity index (χ3n) is 2.92. The Morgan fingerprint density at radius 1 is 1.21 bits per heavy atom. The molecule has 2 heterocycles. The van der Waals surface area contributed by atoms with Crippen LogP contribution >= 0.6 is 0 Å². The van der Waals surface area contributed by atoms with E-state index in [1.54, 1.807) is 36.5 Å². The van der Waals surface area contributed by atoms with Gasteiger partial charge in [0.1, 0.15) is 11.3 Å². The summed E-state index contributed by atoms with van der Waals surface area (Å²) in [5.41, 5.74) is 1.36. The second-order valence-corrected chi connectivity index (χ2v) is 4.32. The minimum absolute atomic E-state index is 0.0990. The van der Waals surface area contributed by atoms with Crippen molar-refractivity contribution in [2.45, 2.75) is 6.92 Å². The molecule has 4 heteroatoms. The third kappa shape index (κ3) is 1.87. The molecule has 94 valence electrons. The van der Waals surface area contributed by atoms with Gasteiger partial charge < -0.3 is 9.52 Å². The standard InChI is InChI=1S/C15H11NO3/c1-9-5-6-12-10(8-9)13(17)14(18)15(19-12)11-4-2-3-7-16-11/h2-8,18H,1H3. The molecule has 0 radical (unpaired) electrons. The Bertz CT molecular complexity index is 807. The number of nitrogens with zero attached hydrogens (tertiary/aromatic N) is 1. The maximum absolute atomic E-state index is 12.1. The number of pyridine rings is 1. The number of benzene rings is 1. The van der Waals surface area contributed by atoms with E-state index < -0.39 is 11.2 Å². The average Bonchev–Trinajstić information content (AvgIpc) is 2.44. The molecule has 0 atom stereocenters. The van der Waals surface area contributed by atoms with Crippen LogP contribution in [0.4, 0.5) is 0 Å². The highest BCUT2D eigenvalue weighted by Gasteiger charge is 2.15. The van der Waals surface area contributed by atoms with E-state index in [9.17, 15) is 9.90 Å². The lowest BCUT2D eigenvalue weighted by atomic mass is 10.1. The molecule has 0 bridgehead atoms. The van der Waals surface area contributed by atoms with Crippen molar-refractivity contribution in [3.8, 4) is 17.2 Å². The smallest absolute Gasteiger partial charge is 0.235 e. The summed E-state index contributed by atoms with van der Waals surface area (Å²) in [6.07, 6.45) is 1.58. The summed E-state index contributed by atoms with van der Waals surface area (Å²) < 4.78 is 5.60. The summed E-state index contributed by atoms with van der Waals surface area (Å²) in [4.78, 5) is 16.2. The molecule has 19 heavy (non-hydrogen) atoms. The van der Waals surface area contributed by atoms with Gasteiger partial charge in [0.2, 0.25) is 11.2 Å². The molecule has 0 amide bonds. The summed E-state index contributed by atoms with van der Waals surface area (Å²) >= 11 is 0. The second-order valence-electron chi connectivity index (χ2n) is 4.32. The zero-order chi connectivity index (χ0) is 13.4. The molecule has 0 saturated carbocycles. The zero-order valence-corrected chi connectivity index (χ0v) is 10.3. The van der Waals surface area contributed by atoms with Crippen molar-refractivity contribution in [2.75, 3.05) is 0 Å². The van der Waals surface area contributed by atoms with Crippen molar-refractivity contribution in [2.24, 2.45) is 0 Å². The van der Waals surface area contributed by atoms with E-state index in [4.69, 9.17) is 4.42 Å². The van der Waals surface area contributed by atoms with Crippen LogP contribution in [0.25, 0.3) is 22.4 Å². The van der Waals surface area contributed by atoms with Crippen LogP contribution in [0.5, 0.6) is 5.75 Å². The summed E-state index contributed by atoms with van der Waals surface area (Å²) in [5.74, 6) is -0.307. The summed E-state index contributed by atoms with van der Waals surface area (Å²) in [7, 11) is 0. The van der Waals surface area contributed by atoms with Crippen LogP contribution in [0.1, 0.15) is 5.56 Å². The van der Waals surface area contributed by atoms with Crippen molar-refractivity contribution < 1.29 is 9.52 Å². The van der Waals surface area contributed by atoms with Crippen LogP contribution < -0.4 is 5.43 Å². The van der Waals surface area contributed by atoms with Gasteiger partial charge in [-0.2, -0.15) is 0 Å². The van der Waals surface area contributed by atoms with Gasteiger partial charge >= 0.3 is 0 Å². The maximum atomic E-state index is 12.1. The lowest BCUT2D eigenvalue weighted by molar-refractivity contribution is 0.448. The number of fused-ring (bicyclic) bond motifs is 1. The molecule has 0 aliphatic carbocycles. The third-order valence-corrected chi connectivity index (χ3v) is 2.92. The maximum Gasteiger partial charge on any atom is 0.235 e. The molecular weight excluding hydrogens is 242 g/mol. The van der Waals surface area contributed by atoms with Crippen LogP contribution in [0.2, 0.25) is 0 Å². The average molecular weight is 253 g/mol. The van der Waals surface area contributed by atoms with Crippen molar-refractivity contribution in [1.29, 1.82) is 0 Å². The van der Waals surface area contributed by atoms with Crippen LogP contribution in [0, 0.1) is 6.92 Å². The van der Waals surface area contributed by atoms with E-state index in [-0.39, 0.29) is 5.76 Å². The number of aromatic hydroxyl groups is 1. The topological polar surface area (TPSA) is 63.3 Å². The quantitative estimate of drug-likeness (QED) is 0.724. The highest BCUT2D eigenvalue weighted by Crippen LogP contribution is 2.28. The van der Waals surface area contributed by atoms with Gasteiger partial charge in [-0.25, -0.2) is 0 Å². The summed E-state index contributed by atoms with van der Waals surface area (Å²) in [5, 5.41) is 10.4. The number of rotatable bonds is 1. The van der Waals surface area contributed by atoms with Gasteiger partial charge in [-0.3, -0.25) is 9.78 Å². The number of aromatic nitrogens is 1. The highest BCUT2D eigenvalue weighted by atomic mass is 16.4. The van der Waals surface area contributed by atoms with Crippen LogP contribution in [0.3, 0.4) is 0 Å². The predicted octanol–water partition coefficient (Wildman–Crippen LogP) is 2.87. The first kappa shape index (κ1) is 11.5. The van der Waals surface area contributed by atoms with Crippen molar-refractivity contribution in [3.05, 3.63) is 58.4 Å². The van der Waals surface area contributed by atoms with Gasteiger partial charge in [0.05, 0.1) is 5.39 Å². The molecular formula is C15H11NO3.